The smallest absolute Gasteiger partial charge is 0.302 e. The van der Waals surface area contributed by atoms with Crippen molar-refractivity contribution in [1.29, 1.82) is 0 Å². The molecule has 3 heteroatoms. The normalized spacial score (nSPS) is 48.0. The van der Waals surface area contributed by atoms with Crippen LogP contribution in [0.2, 0.25) is 0 Å². The van der Waals surface area contributed by atoms with Crippen molar-refractivity contribution in [2.24, 2.45) is 35.0 Å². The highest BCUT2D eigenvalue weighted by Crippen LogP contribution is 2.62. The zero-order chi connectivity index (χ0) is 16.9. The van der Waals surface area contributed by atoms with Gasteiger partial charge in [0.1, 0.15) is 11.9 Å². The monoisotopic (exact) mass is 332 g/mol. The van der Waals surface area contributed by atoms with Gasteiger partial charge in [0.25, 0.3) is 0 Å². The number of hydrogen-bond donors (Lipinski definition) is 0. The minimum atomic E-state index is -0.116. The van der Waals surface area contributed by atoms with Gasteiger partial charge in [-0.25, -0.2) is 0 Å². The first-order chi connectivity index (χ1) is 11.5. The number of carbonyl (C=O) groups excluding carboxylic acids is 2. The molecule has 0 spiro atoms. The predicted molar refractivity (Wildman–Crippen MR) is 92.3 cm³/mol. The fourth-order valence-corrected chi connectivity index (χ4v) is 7.21. The van der Waals surface area contributed by atoms with Crippen LogP contribution in [0, 0.1) is 35.0 Å². The van der Waals surface area contributed by atoms with Crippen molar-refractivity contribution < 1.29 is 14.3 Å². The molecule has 0 aromatic heterocycles. The second-order valence-electron chi connectivity index (χ2n) is 9.29. The van der Waals surface area contributed by atoms with Crippen molar-refractivity contribution in [2.75, 3.05) is 0 Å². The van der Waals surface area contributed by atoms with Gasteiger partial charge >= 0.3 is 5.97 Å². The maximum atomic E-state index is 12.0. The molecule has 0 bridgehead atoms. The highest BCUT2D eigenvalue weighted by molar-refractivity contribution is 5.78. The van der Waals surface area contributed by atoms with Crippen molar-refractivity contribution >= 4 is 11.8 Å². The molecule has 0 aromatic carbocycles. The fraction of sp³-hybridized carbons (Fsp3) is 0.905. The molecule has 24 heavy (non-hydrogen) atoms. The third-order valence-electron chi connectivity index (χ3n) is 8.22. The number of Topliss-reactive ketones (excluding diaryl/α,β-unsaturated/α-hetero) is 1. The lowest BCUT2D eigenvalue weighted by atomic mass is 9.51. The molecule has 0 heterocycles. The van der Waals surface area contributed by atoms with Gasteiger partial charge in [0.2, 0.25) is 0 Å². The average molecular weight is 332 g/mol. The fourth-order valence-electron chi connectivity index (χ4n) is 7.21. The van der Waals surface area contributed by atoms with Gasteiger partial charge in [-0.3, -0.25) is 9.59 Å². The third kappa shape index (κ3) is 2.63. The summed E-state index contributed by atoms with van der Waals surface area (Å²) in [6, 6.07) is 0. The molecule has 0 amide bonds. The Morgan fingerprint density at radius 2 is 1.88 bits per heavy atom. The van der Waals surface area contributed by atoms with E-state index < -0.39 is 0 Å². The Labute approximate surface area is 145 Å². The molecule has 4 saturated carbocycles. The van der Waals surface area contributed by atoms with E-state index in [1.807, 2.05) is 0 Å². The van der Waals surface area contributed by atoms with Crippen LogP contribution in [0.3, 0.4) is 0 Å². The van der Waals surface area contributed by atoms with Crippen molar-refractivity contribution in [1.82, 2.24) is 0 Å². The molecule has 3 nitrogen and oxygen atoms in total. The van der Waals surface area contributed by atoms with Crippen LogP contribution < -0.4 is 0 Å². The van der Waals surface area contributed by atoms with E-state index in [-0.39, 0.29) is 17.5 Å². The maximum Gasteiger partial charge on any atom is 0.302 e. The summed E-state index contributed by atoms with van der Waals surface area (Å²) in [5.41, 5.74) is 0.195. The molecule has 0 saturated heterocycles. The molecule has 4 rings (SSSR count). The standard InChI is InChI=1S/C21H32O3/c1-13(22)24-20-9-8-19-18-7-6-14-12-15(23)4-3-5-16(14)17(18)10-11-21(19,20)2/h14,16-20H,3-12H2,1-2H3/t14-,16-,17+,18+,19-,20-,21-/m0/s1. The van der Waals surface area contributed by atoms with E-state index in [0.29, 0.717) is 11.7 Å². The Balaban J connectivity index is 1.54. The number of ether oxygens (including phenoxy) is 1. The van der Waals surface area contributed by atoms with E-state index in [4.69, 9.17) is 4.74 Å². The number of fused-ring (bicyclic) bond motifs is 5. The number of rotatable bonds is 1. The molecule has 7 atom stereocenters. The zero-order valence-electron chi connectivity index (χ0n) is 15.3. The summed E-state index contributed by atoms with van der Waals surface area (Å²) in [7, 11) is 0. The Hall–Kier alpha value is -0.860. The molecule has 0 aromatic rings. The molecule has 0 aliphatic heterocycles. The molecule has 4 fully saturated rings. The lowest BCUT2D eigenvalue weighted by molar-refractivity contribution is -0.157. The summed E-state index contributed by atoms with van der Waals surface area (Å²) >= 11 is 0. The van der Waals surface area contributed by atoms with Gasteiger partial charge in [-0.05, 0) is 81.0 Å². The second-order valence-corrected chi connectivity index (χ2v) is 9.29. The van der Waals surface area contributed by atoms with Crippen LogP contribution in [-0.4, -0.2) is 17.9 Å². The Morgan fingerprint density at radius 1 is 1.04 bits per heavy atom. The van der Waals surface area contributed by atoms with Gasteiger partial charge in [0.05, 0.1) is 0 Å². The van der Waals surface area contributed by atoms with Crippen LogP contribution in [0.5, 0.6) is 0 Å². The van der Waals surface area contributed by atoms with Crippen molar-refractivity contribution in [3.63, 3.8) is 0 Å². The third-order valence-corrected chi connectivity index (χ3v) is 8.22. The minimum Gasteiger partial charge on any atom is -0.462 e. The van der Waals surface area contributed by atoms with Crippen LogP contribution in [0.15, 0.2) is 0 Å². The zero-order valence-corrected chi connectivity index (χ0v) is 15.3. The summed E-state index contributed by atoms with van der Waals surface area (Å²) in [5.74, 6) is 4.19. The number of ketones is 1. The summed E-state index contributed by atoms with van der Waals surface area (Å²) in [6.45, 7) is 3.94. The molecule has 0 unspecified atom stereocenters. The molecular weight excluding hydrogens is 300 g/mol. The van der Waals surface area contributed by atoms with E-state index in [1.165, 1.54) is 38.5 Å². The predicted octanol–water partition coefficient (Wildman–Crippen LogP) is 4.53. The molecule has 134 valence electrons. The van der Waals surface area contributed by atoms with Crippen LogP contribution in [0.4, 0.5) is 0 Å². The molecule has 4 aliphatic carbocycles. The second kappa shape index (κ2) is 6.14. The quantitative estimate of drug-likeness (QED) is 0.663. The van der Waals surface area contributed by atoms with E-state index >= 15 is 0 Å². The first-order valence-electron chi connectivity index (χ1n) is 10.2. The topological polar surface area (TPSA) is 43.4 Å². The highest BCUT2D eigenvalue weighted by Gasteiger charge is 2.57. The first kappa shape index (κ1) is 16.6. The molecular formula is C21H32O3. The SMILES string of the molecule is CC(=O)O[C@H]1CC[C@H]2[C@@H]3CC[C@H]4CC(=O)CCC[C@@H]4[C@H]3CC[C@]12C. The average Bonchev–Trinajstić information content (AvgIpc) is 2.73. The summed E-state index contributed by atoms with van der Waals surface area (Å²) in [5, 5.41) is 0. The van der Waals surface area contributed by atoms with Crippen LogP contribution in [0.1, 0.15) is 78.1 Å². The van der Waals surface area contributed by atoms with Gasteiger partial charge in [-0.15, -0.1) is 0 Å². The van der Waals surface area contributed by atoms with Crippen molar-refractivity contribution in [2.45, 2.75) is 84.2 Å². The van der Waals surface area contributed by atoms with Gasteiger partial charge < -0.3 is 4.74 Å². The first-order valence-corrected chi connectivity index (χ1v) is 10.2. The summed E-state index contributed by atoms with van der Waals surface area (Å²) in [4.78, 5) is 23.5. The van der Waals surface area contributed by atoms with Gasteiger partial charge in [0, 0.05) is 25.2 Å². The van der Waals surface area contributed by atoms with Gasteiger partial charge in [-0.1, -0.05) is 6.92 Å². The van der Waals surface area contributed by atoms with Crippen molar-refractivity contribution in [3.05, 3.63) is 0 Å². The van der Waals surface area contributed by atoms with Crippen LogP contribution >= 0.6 is 0 Å². The lowest BCUT2D eigenvalue weighted by Gasteiger charge is -2.54. The molecule has 4 aliphatic rings. The summed E-state index contributed by atoms with van der Waals surface area (Å²) < 4.78 is 5.72. The van der Waals surface area contributed by atoms with Gasteiger partial charge in [0.15, 0.2) is 0 Å². The number of carbonyl (C=O) groups is 2. The largest absolute Gasteiger partial charge is 0.462 e. The number of esters is 1. The Kier molecular flexibility index (Phi) is 4.25. The summed E-state index contributed by atoms with van der Waals surface area (Å²) in [6.07, 6.45) is 11.5. The van der Waals surface area contributed by atoms with E-state index in [9.17, 15) is 9.59 Å². The minimum absolute atomic E-state index is 0.116. The Morgan fingerprint density at radius 3 is 2.67 bits per heavy atom. The Bertz CT molecular complexity index is 527. The van der Waals surface area contributed by atoms with Gasteiger partial charge in [-0.2, -0.15) is 0 Å². The number of hydrogen-bond acceptors (Lipinski definition) is 3. The molecule has 0 radical (unpaired) electrons. The maximum absolute atomic E-state index is 12.0. The lowest BCUT2D eigenvalue weighted by Crippen LogP contribution is -2.49. The van der Waals surface area contributed by atoms with Crippen molar-refractivity contribution in [3.8, 4) is 0 Å². The molecule has 0 N–H and O–H groups in total. The van der Waals surface area contributed by atoms with Crippen LogP contribution in [-0.2, 0) is 14.3 Å². The highest BCUT2D eigenvalue weighted by atomic mass is 16.5. The van der Waals surface area contributed by atoms with E-state index in [2.05, 4.69) is 6.92 Å². The van der Waals surface area contributed by atoms with E-state index in [1.54, 1.807) is 6.92 Å². The van der Waals surface area contributed by atoms with E-state index in [0.717, 1.165) is 49.4 Å². The van der Waals surface area contributed by atoms with Crippen LogP contribution in [0.25, 0.3) is 0 Å².